The molecule has 0 spiro atoms. The number of hydrogen-bond donors (Lipinski definition) is 0. The number of ether oxygens (including phenoxy) is 5. The van der Waals surface area contributed by atoms with Crippen LogP contribution in [-0.4, -0.2) is 44.6 Å². The van der Waals surface area contributed by atoms with E-state index < -0.39 is 5.97 Å². The summed E-state index contributed by atoms with van der Waals surface area (Å²) in [5, 5.41) is 0. The van der Waals surface area contributed by atoms with Crippen LogP contribution in [0.3, 0.4) is 0 Å². The molecule has 0 N–H and O–H groups in total. The van der Waals surface area contributed by atoms with Crippen molar-refractivity contribution in [3.63, 3.8) is 0 Å². The Labute approximate surface area is 145 Å². The topological polar surface area (TPSA) is 69.8 Å². The van der Waals surface area contributed by atoms with Gasteiger partial charge in [0, 0.05) is 0 Å². The summed E-state index contributed by atoms with van der Waals surface area (Å²) >= 11 is 0. The molecule has 0 aromatic heterocycles. The average molecular weight is 342 g/mol. The number of carbonyl (C=O) groups excluding carboxylic acids is 1. The SMILES string of the molecule is O=C(Oc1ccc(OCC2CO2)cc1)c1ccc(OCC2CO2)cc1. The van der Waals surface area contributed by atoms with Gasteiger partial charge in [-0.2, -0.15) is 0 Å². The molecule has 2 aliphatic rings. The van der Waals surface area contributed by atoms with Gasteiger partial charge in [-0.05, 0) is 48.5 Å². The molecule has 2 unspecified atom stereocenters. The van der Waals surface area contributed by atoms with Crippen molar-refractivity contribution in [3.8, 4) is 17.2 Å². The first kappa shape index (κ1) is 15.9. The maximum absolute atomic E-state index is 12.2. The third kappa shape index (κ3) is 4.71. The van der Waals surface area contributed by atoms with Crippen molar-refractivity contribution >= 4 is 5.97 Å². The van der Waals surface area contributed by atoms with Gasteiger partial charge >= 0.3 is 5.97 Å². The molecular weight excluding hydrogens is 324 g/mol. The molecule has 2 saturated heterocycles. The van der Waals surface area contributed by atoms with Crippen LogP contribution in [0.25, 0.3) is 0 Å². The van der Waals surface area contributed by atoms with Crippen molar-refractivity contribution in [2.45, 2.75) is 12.2 Å². The molecule has 0 bridgehead atoms. The zero-order valence-electron chi connectivity index (χ0n) is 13.6. The lowest BCUT2D eigenvalue weighted by Crippen LogP contribution is -2.09. The van der Waals surface area contributed by atoms with Crippen molar-refractivity contribution in [1.29, 1.82) is 0 Å². The van der Waals surface area contributed by atoms with E-state index in [1.807, 2.05) is 0 Å². The van der Waals surface area contributed by atoms with Gasteiger partial charge in [-0.3, -0.25) is 0 Å². The highest BCUT2D eigenvalue weighted by atomic mass is 16.6. The van der Waals surface area contributed by atoms with Gasteiger partial charge < -0.3 is 23.7 Å². The van der Waals surface area contributed by atoms with Crippen molar-refractivity contribution in [3.05, 3.63) is 54.1 Å². The highest BCUT2D eigenvalue weighted by molar-refractivity contribution is 5.91. The van der Waals surface area contributed by atoms with Crippen LogP contribution in [-0.2, 0) is 9.47 Å². The lowest BCUT2D eigenvalue weighted by atomic mass is 10.2. The number of epoxide rings is 2. The third-order valence-electron chi connectivity index (χ3n) is 3.80. The summed E-state index contributed by atoms with van der Waals surface area (Å²) in [7, 11) is 0. The van der Waals surface area contributed by atoms with Crippen LogP contribution in [0.4, 0.5) is 0 Å². The van der Waals surface area contributed by atoms with Gasteiger partial charge in [0.1, 0.15) is 42.7 Å². The summed E-state index contributed by atoms with van der Waals surface area (Å²) in [6.07, 6.45) is 0.412. The Morgan fingerprint density at radius 3 is 1.72 bits per heavy atom. The summed E-state index contributed by atoms with van der Waals surface area (Å²) in [6, 6.07) is 13.8. The Kier molecular flexibility index (Phi) is 4.54. The summed E-state index contributed by atoms with van der Waals surface area (Å²) in [5.41, 5.74) is 0.459. The van der Waals surface area contributed by atoms with E-state index in [0.29, 0.717) is 30.3 Å². The fourth-order valence-electron chi connectivity index (χ4n) is 2.16. The minimum absolute atomic E-state index is 0.202. The molecule has 6 nitrogen and oxygen atoms in total. The van der Waals surface area contributed by atoms with E-state index in [0.717, 1.165) is 19.0 Å². The predicted octanol–water partition coefficient (Wildman–Crippen LogP) is 2.46. The molecule has 130 valence electrons. The second kappa shape index (κ2) is 7.13. The minimum Gasteiger partial charge on any atom is -0.491 e. The molecule has 0 amide bonds. The monoisotopic (exact) mass is 342 g/mol. The number of benzene rings is 2. The zero-order chi connectivity index (χ0) is 17.1. The molecule has 4 rings (SSSR count). The van der Waals surface area contributed by atoms with Crippen LogP contribution in [0.5, 0.6) is 17.2 Å². The van der Waals surface area contributed by atoms with Gasteiger partial charge in [0.05, 0.1) is 18.8 Å². The Morgan fingerprint density at radius 2 is 1.24 bits per heavy atom. The molecule has 2 heterocycles. The Hall–Kier alpha value is -2.57. The first-order valence-corrected chi connectivity index (χ1v) is 8.17. The van der Waals surface area contributed by atoms with Gasteiger partial charge in [-0.15, -0.1) is 0 Å². The van der Waals surface area contributed by atoms with Crippen LogP contribution in [0.2, 0.25) is 0 Å². The molecule has 0 aliphatic carbocycles. The fourth-order valence-corrected chi connectivity index (χ4v) is 2.16. The number of rotatable bonds is 8. The van der Waals surface area contributed by atoms with Gasteiger partial charge in [0.25, 0.3) is 0 Å². The smallest absolute Gasteiger partial charge is 0.343 e. The van der Waals surface area contributed by atoms with Crippen molar-refractivity contribution < 1.29 is 28.5 Å². The van der Waals surface area contributed by atoms with Crippen molar-refractivity contribution in [2.75, 3.05) is 26.4 Å². The quantitative estimate of drug-likeness (QED) is 0.417. The van der Waals surface area contributed by atoms with E-state index in [-0.39, 0.29) is 12.2 Å². The van der Waals surface area contributed by atoms with Gasteiger partial charge in [-0.25, -0.2) is 4.79 Å². The first-order valence-electron chi connectivity index (χ1n) is 8.17. The van der Waals surface area contributed by atoms with Crippen LogP contribution in [0, 0.1) is 0 Å². The Balaban J connectivity index is 1.29. The number of carbonyl (C=O) groups is 1. The third-order valence-corrected chi connectivity index (χ3v) is 3.80. The predicted molar refractivity (Wildman–Crippen MR) is 88.3 cm³/mol. The van der Waals surface area contributed by atoms with E-state index >= 15 is 0 Å². The summed E-state index contributed by atoms with van der Waals surface area (Å²) in [4.78, 5) is 12.2. The lowest BCUT2D eigenvalue weighted by Gasteiger charge is -2.08. The zero-order valence-corrected chi connectivity index (χ0v) is 13.6. The van der Waals surface area contributed by atoms with E-state index in [1.165, 1.54) is 0 Å². The average Bonchev–Trinajstić information content (AvgIpc) is 3.55. The molecular formula is C19H18O6. The fraction of sp³-hybridized carbons (Fsp3) is 0.316. The molecule has 25 heavy (non-hydrogen) atoms. The van der Waals surface area contributed by atoms with Crippen molar-refractivity contribution in [2.24, 2.45) is 0 Å². The van der Waals surface area contributed by atoms with E-state index in [9.17, 15) is 4.79 Å². The normalized spacial score (nSPS) is 20.6. The summed E-state index contributed by atoms with van der Waals surface area (Å²) < 4.78 is 26.6. The Bertz CT molecular complexity index is 717. The van der Waals surface area contributed by atoms with Crippen LogP contribution in [0.15, 0.2) is 48.5 Å². The molecule has 2 atom stereocenters. The summed E-state index contributed by atoms with van der Waals surface area (Å²) in [5.74, 6) is 1.47. The van der Waals surface area contributed by atoms with Gasteiger partial charge in [0.15, 0.2) is 0 Å². The number of hydrogen-bond acceptors (Lipinski definition) is 6. The maximum Gasteiger partial charge on any atom is 0.343 e. The second-order valence-electron chi connectivity index (χ2n) is 5.92. The highest BCUT2D eigenvalue weighted by Crippen LogP contribution is 2.21. The molecule has 2 aliphatic heterocycles. The van der Waals surface area contributed by atoms with Gasteiger partial charge in [-0.1, -0.05) is 0 Å². The molecule has 0 saturated carbocycles. The van der Waals surface area contributed by atoms with Crippen molar-refractivity contribution in [1.82, 2.24) is 0 Å². The van der Waals surface area contributed by atoms with E-state index in [2.05, 4.69) is 0 Å². The minimum atomic E-state index is -0.419. The summed E-state index contributed by atoms with van der Waals surface area (Å²) in [6.45, 7) is 2.59. The van der Waals surface area contributed by atoms with Crippen LogP contribution < -0.4 is 14.2 Å². The highest BCUT2D eigenvalue weighted by Gasteiger charge is 2.23. The standard InChI is InChI=1S/C19H18O6/c20-19(13-1-3-14(4-2-13)21-9-17-11-23-17)25-16-7-5-15(6-8-16)22-10-18-12-24-18/h1-8,17-18H,9-12H2. The van der Waals surface area contributed by atoms with E-state index in [1.54, 1.807) is 48.5 Å². The maximum atomic E-state index is 12.2. The lowest BCUT2D eigenvalue weighted by molar-refractivity contribution is 0.0734. The second-order valence-corrected chi connectivity index (χ2v) is 5.92. The largest absolute Gasteiger partial charge is 0.491 e. The van der Waals surface area contributed by atoms with Crippen LogP contribution in [0.1, 0.15) is 10.4 Å². The molecule has 2 aromatic rings. The molecule has 0 radical (unpaired) electrons. The molecule has 6 heteroatoms. The number of esters is 1. The first-order chi connectivity index (χ1) is 12.3. The molecule has 2 fully saturated rings. The van der Waals surface area contributed by atoms with Gasteiger partial charge in [0.2, 0.25) is 0 Å². The van der Waals surface area contributed by atoms with E-state index in [4.69, 9.17) is 23.7 Å². The van der Waals surface area contributed by atoms with Crippen LogP contribution >= 0.6 is 0 Å². The Morgan fingerprint density at radius 1 is 0.800 bits per heavy atom. The molecule has 2 aromatic carbocycles.